The fourth-order valence-corrected chi connectivity index (χ4v) is 1.82. The molecular formula is C12H21N3O5. The highest BCUT2D eigenvalue weighted by atomic mass is 16.5. The molecule has 1 unspecified atom stereocenters. The van der Waals surface area contributed by atoms with E-state index in [9.17, 15) is 14.4 Å². The Morgan fingerprint density at radius 1 is 1.40 bits per heavy atom. The van der Waals surface area contributed by atoms with Gasteiger partial charge in [0.1, 0.15) is 6.04 Å². The van der Waals surface area contributed by atoms with Gasteiger partial charge in [-0.1, -0.05) is 0 Å². The van der Waals surface area contributed by atoms with Gasteiger partial charge < -0.3 is 25.4 Å². The van der Waals surface area contributed by atoms with Crippen molar-refractivity contribution in [2.75, 3.05) is 26.3 Å². The van der Waals surface area contributed by atoms with Crippen LogP contribution in [0.4, 0.5) is 4.79 Å². The van der Waals surface area contributed by atoms with E-state index in [1.54, 1.807) is 0 Å². The predicted octanol–water partition coefficient (Wildman–Crippen LogP) is -0.604. The molecular weight excluding hydrogens is 266 g/mol. The van der Waals surface area contributed by atoms with Crippen LogP contribution >= 0.6 is 0 Å². The quantitative estimate of drug-likeness (QED) is 0.625. The topological polar surface area (TPSA) is 108 Å². The van der Waals surface area contributed by atoms with Crippen molar-refractivity contribution in [2.24, 2.45) is 0 Å². The summed E-state index contributed by atoms with van der Waals surface area (Å²) in [6.07, 6.45) is -0.154. The number of morpholine rings is 1. The first-order valence-electron chi connectivity index (χ1n) is 6.56. The molecule has 20 heavy (non-hydrogen) atoms. The average Bonchev–Trinajstić information content (AvgIpc) is 2.37. The van der Waals surface area contributed by atoms with Crippen molar-refractivity contribution in [3.8, 4) is 0 Å². The Morgan fingerprint density at radius 3 is 2.70 bits per heavy atom. The Morgan fingerprint density at radius 2 is 2.10 bits per heavy atom. The van der Waals surface area contributed by atoms with E-state index < -0.39 is 18.0 Å². The molecule has 1 saturated heterocycles. The van der Waals surface area contributed by atoms with Crippen molar-refractivity contribution in [3.05, 3.63) is 0 Å². The second-order valence-corrected chi connectivity index (χ2v) is 4.82. The molecule has 1 heterocycles. The lowest BCUT2D eigenvalue weighted by Crippen LogP contribution is -2.59. The van der Waals surface area contributed by atoms with E-state index in [1.807, 2.05) is 13.8 Å². The largest absolute Gasteiger partial charge is 0.481 e. The SMILES string of the molecule is CC(C)NC(=O)C1COCCN1C(=O)NCCC(=O)O. The van der Waals surface area contributed by atoms with Crippen molar-refractivity contribution in [1.29, 1.82) is 0 Å². The maximum Gasteiger partial charge on any atom is 0.318 e. The van der Waals surface area contributed by atoms with E-state index in [-0.39, 0.29) is 31.5 Å². The van der Waals surface area contributed by atoms with Crippen molar-refractivity contribution in [2.45, 2.75) is 32.4 Å². The third-order valence-electron chi connectivity index (χ3n) is 2.74. The molecule has 0 spiro atoms. The lowest BCUT2D eigenvalue weighted by Gasteiger charge is -2.34. The Kier molecular flexibility index (Phi) is 6.23. The minimum absolute atomic E-state index is 0.0265. The van der Waals surface area contributed by atoms with Gasteiger partial charge in [0.05, 0.1) is 19.6 Å². The zero-order valence-electron chi connectivity index (χ0n) is 11.7. The van der Waals surface area contributed by atoms with Crippen LogP contribution in [-0.4, -0.2) is 66.3 Å². The number of carbonyl (C=O) groups is 3. The summed E-state index contributed by atoms with van der Waals surface area (Å²) in [5.74, 6) is -1.26. The molecule has 0 aliphatic carbocycles. The van der Waals surface area contributed by atoms with Crippen LogP contribution in [0, 0.1) is 0 Å². The van der Waals surface area contributed by atoms with Crippen LogP contribution in [0.2, 0.25) is 0 Å². The van der Waals surface area contributed by atoms with E-state index in [4.69, 9.17) is 9.84 Å². The number of ether oxygens (including phenoxy) is 1. The van der Waals surface area contributed by atoms with Gasteiger partial charge >= 0.3 is 12.0 Å². The van der Waals surface area contributed by atoms with Gasteiger partial charge in [0, 0.05) is 19.1 Å². The van der Waals surface area contributed by atoms with Gasteiger partial charge in [-0.3, -0.25) is 9.59 Å². The van der Waals surface area contributed by atoms with Crippen LogP contribution in [0.1, 0.15) is 20.3 Å². The smallest absolute Gasteiger partial charge is 0.318 e. The zero-order valence-corrected chi connectivity index (χ0v) is 11.7. The molecule has 1 fully saturated rings. The number of carboxylic acids is 1. The Bertz CT molecular complexity index is 372. The van der Waals surface area contributed by atoms with Gasteiger partial charge in [-0.25, -0.2) is 4.79 Å². The van der Waals surface area contributed by atoms with Gasteiger partial charge in [0.2, 0.25) is 5.91 Å². The molecule has 1 atom stereocenters. The van der Waals surface area contributed by atoms with Crippen molar-refractivity contribution in [3.63, 3.8) is 0 Å². The van der Waals surface area contributed by atoms with Crippen molar-refractivity contribution < 1.29 is 24.2 Å². The van der Waals surface area contributed by atoms with E-state index >= 15 is 0 Å². The first kappa shape index (κ1) is 16.2. The average molecular weight is 287 g/mol. The molecule has 8 nitrogen and oxygen atoms in total. The Balaban J connectivity index is 2.56. The highest BCUT2D eigenvalue weighted by Gasteiger charge is 2.32. The molecule has 114 valence electrons. The monoisotopic (exact) mass is 287 g/mol. The zero-order chi connectivity index (χ0) is 15.1. The van der Waals surface area contributed by atoms with Crippen LogP contribution in [-0.2, 0) is 14.3 Å². The molecule has 1 rings (SSSR count). The molecule has 8 heteroatoms. The Labute approximate surface area is 117 Å². The molecule has 0 aromatic rings. The van der Waals surface area contributed by atoms with E-state index in [2.05, 4.69) is 10.6 Å². The number of nitrogens with zero attached hydrogens (tertiary/aromatic N) is 1. The molecule has 0 radical (unpaired) electrons. The second kappa shape index (κ2) is 7.68. The van der Waals surface area contributed by atoms with Gasteiger partial charge in [-0.15, -0.1) is 0 Å². The summed E-state index contributed by atoms with van der Waals surface area (Å²) >= 11 is 0. The molecule has 0 bridgehead atoms. The molecule has 3 N–H and O–H groups in total. The number of carboxylic acid groups (broad SMARTS) is 1. The maximum absolute atomic E-state index is 12.0. The number of nitrogens with one attached hydrogen (secondary N) is 2. The molecule has 0 aromatic heterocycles. The van der Waals surface area contributed by atoms with Gasteiger partial charge in [-0.05, 0) is 13.8 Å². The third-order valence-corrected chi connectivity index (χ3v) is 2.74. The lowest BCUT2D eigenvalue weighted by atomic mass is 10.2. The van der Waals surface area contributed by atoms with Gasteiger partial charge in [0.15, 0.2) is 0 Å². The van der Waals surface area contributed by atoms with Crippen molar-refractivity contribution >= 4 is 17.9 Å². The summed E-state index contributed by atoms with van der Waals surface area (Å²) in [6.45, 7) is 4.50. The van der Waals surface area contributed by atoms with Gasteiger partial charge in [-0.2, -0.15) is 0 Å². The van der Waals surface area contributed by atoms with Crippen LogP contribution < -0.4 is 10.6 Å². The molecule has 1 aliphatic rings. The fourth-order valence-electron chi connectivity index (χ4n) is 1.82. The third kappa shape index (κ3) is 5.04. The minimum Gasteiger partial charge on any atom is -0.481 e. The van der Waals surface area contributed by atoms with Crippen LogP contribution in [0.15, 0.2) is 0 Å². The first-order valence-corrected chi connectivity index (χ1v) is 6.56. The van der Waals surface area contributed by atoms with E-state index in [1.165, 1.54) is 4.90 Å². The summed E-state index contributed by atoms with van der Waals surface area (Å²) in [5, 5.41) is 13.8. The first-order chi connectivity index (χ1) is 9.41. The van der Waals surface area contributed by atoms with Crippen LogP contribution in [0.5, 0.6) is 0 Å². The van der Waals surface area contributed by atoms with E-state index in [0.717, 1.165) is 0 Å². The normalized spacial score (nSPS) is 18.8. The minimum atomic E-state index is -0.985. The molecule has 1 aliphatic heterocycles. The number of aliphatic carboxylic acids is 1. The number of rotatable bonds is 5. The fraction of sp³-hybridized carbons (Fsp3) is 0.750. The summed E-state index contributed by atoms with van der Waals surface area (Å²) in [7, 11) is 0. The van der Waals surface area contributed by atoms with Crippen LogP contribution in [0.3, 0.4) is 0 Å². The highest BCUT2D eigenvalue weighted by molar-refractivity contribution is 5.87. The van der Waals surface area contributed by atoms with Crippen LogP contribution in [0.25, 0.3) is 0 Å². The number of urea groups is 1. The number of amides is 3. The summed E-state index contributed by atoms with van der Waals surface area (Å²) < 4.78 is 5.23. The highest BCUT2D eigenvalue weighted by Crippen LogP contribution is 2.08. The summed E-state index contributed by atoms with van der Waals surface area (Å²) in [6, 6.07) is -1.16. The second-order valence-electron chi connectivity index (χ2n) is 4.82. The summed E-state index contributed by atoms with van der Waals surface area (Å²) in [4.78, 5) is 35.7. The molecule has 0 aromatic carbocycles. The van der Waals surface area contributed by atoms with Crippen molar-refractivity contribution in [1.82, 2.24) is 15.5 Å². The maximum atomic E-state index is 12.0. The van der Waals surface area contributed by atoms with E-state index in [0.29, 0.717) is 13.2 Å². The predicted molar refractivity (Wildman–Crippen MR) is 70.2 cm³/mol. The summed E-state index contributed by atoms with van der Waals surface area (Å²) in [5.41, 5.74) is 0. The van der Waals surface area contributed by atoms with Gasteiger partial charge in [0.25, 0.3) is 0 Å². The number of hydrogen-bond acceptors (Lipinski definition) is 4. The lowest BCUT2D eigenvalue weighted by molar-refractivity contribution is -0.137. The number of hydrogen-bond donors (Lipinski definition) is 3. The number of carbonyl (C=O) groups excluding carboxylic acids is 2. The Hall–Kier alpha value is -1.83. The molecule has 3 amide bonds. The molecule has 0 saturated carbocycles. The standard InChI is InChI=1S/C12H21N3O5/c1-8(2)14-11(18)9-7-20-6-5-15(9)12(19)13-4-3-10(16)17/h8-9H,3-7H2,1-2H3,(H,13,19)(H,14,18)(H,16,17).